The average molecular weight is 376 g/mol. The summed E-state index contributed by atoms with van der Waals surface area (Å²) in [5.74, 6) is 6.46. The molecule has 149 valence electrons. The maximum atomic E-state index is 3.24. The number of benzene rings is 2. The predicted molar refractivity (Wildman–Crippen MR) is 123 cm³/mol. The lowest BCUT2D eigenvalue weighted by atomic mass is 9.93. The van der Waals surface area contributed by atoms with Crippen molar-refractivity contribution in [1.29, 1.82) is 0 Å². The Morgan fingerprint density at radius 1 is 0.750 bits per heavy atom. The molecule has 0 saturated carbocycles. The lowest BCUT2D eigenvalue weighted by molar-refractivity contribution is 0.528. The van der Waals surface area contributed by atoms with Gasteiger partial charge >= 0.3 is 0 Å². The van der Waals surface area contributed by atoms with Gasteiger partial charge in [0.25, 0.3) is 0 Å². The number of hydrogen-bond donors (Lipinski definition) is 0. The highest BCUT2D eigenvalue weighted by Gasteiger charge is 2.22. The van der Waals surface area contributed by atoms with Gasteiger partial charge in [-0.2, -0.15) is 0 Å². The Morgan fingerprint density at radius 2 is 1.32 bits per heavy atom. The van der Waals surface area contributed by atoms with Gasteiger partial charge in [-0.15, -0.1) is 11.8 Å². The number of hydrogen-bond acceptors (Lipinski definition) is 0. The molecule has 1 radical (unpaired) electrons. The van der Waals surface area contributed by atoms with Crippen LogP contribution in [-0.2, 0) is 12.8 Å². The SMILES string of the molecule is C1#CCCc2cc(-c3ccccc3)ccc2CC1.CC.CC(C)(C)C1=C[CH]1.O. The topological polar surface area (TPSA) is 31.5 Å². The van der Waals surface area contributed by atoms with E-state index in [1.54, 1.807) is 0 Å². The van der Waals surface area contributed by atoms with Crippen LogP contribution in [0.4, 0.5) is 0 Å². The molecule has 28 heavy (non-hydrogen) atoms. The van der Waals surface area contributed by atoms with Crippen LogP contribution in [0.2, 0.25) is 0 Å². The smallest absolute Gasteiger partial charge is 0.0129 e. The van der Waals surface area contributed by atoms with Gasteiger partial charge < -0.3 is 5.48 Å². The van der Waals surface area contributed by atoms with E-state index in [-0.39, 0.29) is 5.48 Å². The Labute approximate surface area is 172 Å². The zero-order chi connectivity index (χ0) is 19.7. The number of rotatable bonds is 1. The first kappa shape index (κ1) is 23.7. The molecule has 0 aliphatic heterocycles. The van der Waals surface area contributed by atoms with Gasteiger partial charge in [0.2, 0.25) is 0 Å². The predicted octanol–water partition coefficient (Wildman–Crippen LogP) is 6.61. The highest BCUT2D eigenvalue weighted by atomic mass is 16.0. The Morgan fingerprint density at radius 3 is 1.82 bits per heavy atom. The third kappa shape index (κ3) is 7.37. The second kappa shape index (κ2) is 11.5. The zero-order valence-corrected chi connectivity index (χ0v) is 18.1. The first-order valence-corrected chi connectivity index (χ1v) is 10.2. The van der Waals surface area contributed by atoms with Crippen LogP contribution in [0.25, 0.3) is 11.1 Å². The molecular formula is C27H35O. The summed E-state index contributed by atoms with van der Waals surface area (Å²) in [5, 5.41) is 0. The van der Waals surface area contributed by atoms with Crippen LogP contribution in [0.5, 0.6) is 0 Å². The van der Waals surface area contributed by atoms with Crippen LogP contribution in [0.3, 0.4) is 0 Å². The molecule has 2 aliphatic rings. The van der Waals surface area contributed by atoms with Crippen LogP contribution in [0.1, 0.15) is 58.6 Å². The molecule has 0 aromatic heterocycles. The van der Waals surface area contributed by atoms with Crippen molar-refractivity contribution in [3.8, 4) is 23.0 Å². The maximum absolute atomic E-state index is 3.24. The van der Waals surface area contributed by atoms with Crippen LogP contribution >= 0.6 is 0 Å². The normalized spacial score (nSPS) is 13.8. The molecule has 1 nitrogen and oxygen atoms in total. The summed E-state index contributed by atoms with van der Waals surface area (Å²) in [7, 11) is 0. The summed E-state index contributed by atoms with van der Waals surface area (Å²) in [6, 6.07) is 17.5. The second-order valence-electron chi connectivity index (χ2n) is 7.74. The molecule has 0 bridgehead atoms. The lowest BCUT2D eigenvalue weighted by Gasteiger charge is -2.12. The molecule has 0 spiro atoms. The molecule has 0 fully saturated rings. The van der Waals surface area contributed by atoms with Crippen molar-refractivity contribution in [3.63, 3.8) is 0 Å². The van der Waals surface area contributed by atoms with Crippen molar-refractivity contribution in [2.45, 2.75) is 60.3 Å². The van der Waals surface area contributed by atoms with Crippen molar-refractivity contribution in [1.82, 2.24) is 0 Å². The molecule has 0 unspecified atom stereocenters. The van der Waals surface area contributed by atoms with Crippen LogP contribution < -0.4 is 0 Å². The summed E-state index contributed by atoms with van der Waals surface area (Å²) >= 11 is 0. The minimum atomic E-state index is 0. The van der Waals surface area contributed by atoms with Gasteiger partial charge in [-0.25, -0.2) is 0 Å². The number of allylic oxidation sites excluding steroid dienone is 2. The minimum absolute atomic E-state index is 0. The van der Waals surface area contributed by atoms with Gasteiger partial charge in [0.15, 0.2) is 0 Å². The van der Waals surface area contributed by atoms with E-state index in [0.717, 1.165) is 25.7 Å². The summed E-state index contributed by atoms with van der Waals surface area (Å²) in [4.78, 5) is 0. The third-order valence-electron chi connectivity index (χ3n) is 4.68. The summed E-state index contributed by atoms with van der Waals surface area (Å²) < 4.78 is 0. The van der Waals surface area contributed by atoms with Crippen LogP contribution in [-0.4, -0.2) is 5.48 Å². The summed E-state index contributed by atoms with van der Waals surface area (Å²) in [6.07, 6.45) is 8.50. The second-order valence-corrected chi connectivity index (χ2v) is 7.74. The van der Waals surface area contributed by atoms with Gasteiger partial charge in [0.1, 0.15) is 0 Å². The van der Waals surface area contributed by atoms with E-state index in [0.29, 0.717) is 5.41 Å². The van der Waals surface area contributed by atoms with E-state index in [1.165, 1.54) is 27.8 Å². The molecule has 0 heterocycles. The number of fused-ring (bicyclic) bond motifs is 1. The molecule has 2 N–H and O–H groups in total. The van der Waals surface area contributed by atoms with E-state index in [1.807, 2.05) is 13.8 Å². The summed E-state index contributed by atoms with van der Waals surface area (Å²) in [6.45, 7) is 10.7. The molecule has 2 aliphatic carbocycles. The average Bonchev–Trinajstić information content (AvgIpc) is 3.50. The summed E-state index contributed by atoms with van der Waals surface area (Å²) in [5.41, 5.74) is 7.48. The Hall–Kier alpha value is -2.30. The van der Waals surface area contributed by atoms with E-state index < -0.39 is 0 Å². The van der Waals surface area contributed by atoms with Gasteiger partial charge in [-0.1, -0.05) is 94.8 Å². The molecule has 0 saturated heterocycles. The van der Waals surface area contributed by atoms with E-state index in [4.69, 9.17) is 0 Å². The molecule has 4 rings (SSSR count). The van der Waals surface area contributed by atoms with Gasteiger partial charge in [-0.05, 0) is 40.5 Å². The van der Waals surface area contributed by atoms with Crippen molar-refractivity contribution in [2.24, 2.45) is 5.41 Å². The van der Waals surface area contributed by atoms with Gasteiger partial charge in [0, 0.05) is 19.3 Å². The largest absolute Gasteiger partial charge is 0.412 e. The fraction of sp³-hybridized carbons (Fsp3) is 0.370. The van der Waals surface area contributed by atoms with E-state index in [2.05, 4.69) is 93.6 Å². The molecule has 0 amide bonds. The van der Waals surface area contributed by atoms with E-state index in [9.17, 15) is 0 Å². The fourth-order valence-corrected chi connectivity index (χ4v) is 3.03. The fourth-order valence-electron chi connectivity index (χ4n) is 3.03. The standard InChI is InChI=1S/C18H16.C7H11.C2H6.H2O/c1-2-5-11-17-14-18(13-12-16(17)10-4-1)15-8-6-3-7-9-15;1-7(2,3)6-4-5-6;1-2;/h3,6-9,12-14H,4-5,10-11H2;4-5H,1-3H3;1-2H3;1H2. The highest BCUT2D eigenvalue weighted by Crippen LogP contribution is 2.36. The van der Waals surface area contributed by atoms with Crippen LogP contribution in [0.15, 0.2) is 60.2 Å². The quantitative estimate of drug-likeness (QED) is 0.502. The Kier molecular flexibility index (Phi) is 9.77. The van der Waals surface area contributed by atoms with Crippen molar-refractivity contribution in [2.75, 3.05) is 0 Å². The molecule has 1 heteroatoms. The molecule has 2 aromatic rings. The maximum Gasteiger partial charge on any atom is 0.0129 e. The monoisotopic (exact) mass is 375 g/mol. The Bertz CT molecular complexity index is 811. The third-order valence-corrected chi connectivity index (χ3v) is 4.68. The first-order chi connectivity index (χ1) is 13.0. The van der Waals surface area contributed by atoms with Gasteiger partial charge in [-0.3, -0.25) is 0 Å². The first-order valence-electron chi connectivity index (χ1n) is 10.2. The molecule has 0 atom stereocenters. The van der Waals surface area contributed by atoms with Crippen molar-refractivity contribution < 1.29 is 5.48 Å². The van der Waals surface area contributed by atoms with E-state index >= 15 is 0 Å². The van der Waals surface area contributed by atoms with Crippen molar-refractivity contribution >= 4 is 0 Å². The van der Waals surface area contributed by atoms with Crippen LogP contribution in [0, 0.1) is 23.7 Å². The van der Waals surface area contributed by atoms with Gasteiger partial charge in [0.05, 0.1) is 0 Å². The molecular weight excluding hydrogens is 340 g/mol. The zero-order valence-electron chi connectivity index (χ0n) is 18.1. The minimum Gasteiger partial charge on any atom is -0.412 e. The lowest BCUT2D eigenvalue weighted by Crippen LogP contribution is -2.00. The highest BCUT2D eigenvalue weighted by molar-refractivity contribution is 5.65. The Balaban J connectivity index is 0.000000332. The number of aryl methyl sites for hydroxylation is 2. The van der Waals surface area contributed by atoms with Crippen molar-refractivity contribution in [3.05, 3.63) is 77.7 Å². The molecule has 2 aromatic carbocycles.